The smallest absolute Gasteiger partial charge is 0.260 e. The third kappa shape index (κ3) is 5.02. The summed E-state index contributed by atoms with van der Waals surface area (Å²) in [6.07, 6.45) is 3.52. The molecule has 0 bridgehead atoms. The van der Waals surface area contributed by atoms with E-state index >= 15 is 0 Å². The predicted molar refractivity (Wildman–Crippen MR) is 109 cm³/mol. The van der Waals surface area contributed by atoms with Gasteiger partial charge in [-0.3, -0.25) is 9.59 Å². The summed E-state index contributed by atoms with van der Waals surface area (Å²) in [6, 6.07) is 15.6. The number of nitriles is 1. The van der Waals surface area contributed by atoms with Crippen molar-refractivity contribution < 1.29 is 19.1 Å². The van der Waals surface area contributed by atoms with E-state index in [4.69, 9.17) is 9.47 Å². The van der Waals surface area contributed by atoms with Gasteiger partial charge in [-0.15, -0.1) is 0 Å². The van der Waals surface area contributed by atoms with Gasteiger partial charge in [-0.25, -0.2) is 0 Å². The van der Waals surface area contributed by atoms with E-state index in [1.165, 1.54) is 13.2 Å². The lowest BCUT2D eigenvalue weighted by Crippen LogP contribution is -2.32. The molecule has 1 aliphatic rings. The van der Waals surface area contributed by atoms with Gasteiger partial charge in [-0.2, -0.15) is 5.26 Å². The number of carbonyl (C=O) groups is 2. The van der Waals surface area contributed by atoms with Crippen molar-refractivity contribution in [3.63, 3.8) is 0 Å². The normalized spacial score (nSPS) is 13.7. The Balaban J connectivity index is 1.79. The molecule has 6 heteroatoms. The van der Waals surface area contributed by atoms with Crippen molar-refractivity contribution in [1.29, 1.82) is 5.26 Å². The third-order valence-corrected chi connectivity index (χ3v) is 4.73. The lowest BCUT2D eigenvalue weighted by atomic mass is 10.0. The van der Waals surface area contributed by atoms with Gasteiger partial charge in [0.15, 0.2) is 6.61 Å². The first kappa shape index (κ1) is 20.2. The molecule has 148 valence electrons. The zero-order chi connectivity index (χ0) is 20.6. The Morgan fingerprint density at radius 1 is 1.14 bits per heavy atom. The van der Waals surface area contributed by atoms with Crippen molar-refractivity contribution >= 4 is 17.8 Å². The highest BCUT2D eigenvalue weighted by atomic mass is 16.5. The summed E-state index contributed by atoms with van der Waals surface area (Å²) in [4.78, 5) is 26.8. The Hall–Kier alpha value is -3.59. The number of Topliss-reactive ketones (excluding diaryl/α,β-unsaturated/α-hetero) is 1. The standard InChI is InChI=1S/C23H22N2O4/c1-28-20-9-6-8-18(14-20)23(27)19(15-24)13-17-7-2-3-10-21(17)29-16-22(26)25-11-4-5-12-25/h2-3,6-10,13-14H,4-5,11-12,16H2,1H3/b19-13+. The van der Waals surface area contributed by atoms with E-state index in [1.54, 1.807) is 53.4 Å². The highest BCUT2D eigenvalue weighted by Gasteiger charge is 2.19. The van der Waals surface area contributed by atoms with E-state index in [2.05, 4.69) is 0 Å². The minimum atomic E-state index is -0.408. The molecule has 0 aromatic heterocycles. The second-order valence-electron chi connectivity index (χ2n) is 6.65. The van der Waals surface area contributed by atoms with Crippen LogP contribution >= 0.6 is 0 Å². The van der Waals surface area contributed by atoms with Crippen LogP contribution in [0.1, 0.15) is 28.8 Å². The molecule has 1 fully saturated rings. The number of amides is 1. The number of nitrogens with zero attached hydrogens (tertiary/aromatic N) is 2. The Kier molecular flexibility index (Phi) is 6.64. The molecule has 0 N–H and O–H groups in total. The van der Waals surface area contributed by atoms with Crippen LogP contribution in [0.2, 0.25) is 0 Å². The maximum absolute atomic E-state index is 12.8. The van der Waals surface area contributed by atoms with E-state index < -0.39 is 5.78 Å². The molecule has 1 heterocycles. The van der Waals surface area contributed by atoms with E-state index in [-0.39, 0.29) is 18.1 Å². The molecule has 0 radical (unpaired) electrons. The molecule has 2 aromatic carbocycles. The van der Waals surface area contributed by atoms with Crippen LogP contribution in [0, 0.1) is 11.3 Å². The van der Waals surface area contributed by atoms with Crippen LogP contribution < -0.4 is 9.47 Å². The number of hydrogen-bond donors (Lipinski definition) is 0. The zero-order valence-electron chi connectivity index (χ0n) is 16.3. The number of benzene rings is 2. The van der Waals surface area contributed by atoms with E-state index in [1.807, 2.05) is 6.07 Å². The van der Waals surface area contributed by atoms with Gasteiger partial charge < -0.3 is 14.4 Å². The summed E-state index contributed by atoms with van der Waals surface area (Å²) in [5.74, 6) is 0.520. The van der Waals surface area contributed by atoms with Crippen molar-refractivity contribution in [2.75, 3.05) is 26.8 Å². The molecule has 0 aliphatic carbocycles. The average molecular weight is 390 g/mol. The Morgan fingerprint density at radius 3 is 2.62 bits per heavy atom. The Bertz CT molecular complexity index is 969. The van der Waals surface area contributed by atoms with Crippen LogP contribution in [-0.2, 0) is 4.79 Å². The number of likely N-dealkylation sites (tertiary alicyclic amines) is 1. The van der Waals surface area contributed by atoms with E-state index in [9.17, 15) is 14.9 Å². The molecule has 29 heavy (non-hydrogen) atoms. The molecule has 0 atom stereocenters. The molecular formula is C23H22N2O4. The molecule has 6 nitrogen and oxygen atoms in total. The maximum atomic E-state index is 12.8. The van der Waals surface area contributed by atoms with Crippen molar-refractivity contribution in [3.05, 3.63) is 65.2 Å². The minimum absolute atomic E-state index is 0.0276. The van der Waals surface area contributed by atoms with Gasteiger partial charge >= 0.3 is 0 Å². The summed E-state index contributed by atoms with van der Waals surface area (Å²) < 4.78 is 10.8. The molecule has 1 aliphatic heterocycles. The Labute approximate surface area is 170 Å². The van der Waals surface area contributed by atoms with Crippen LogP contribution in [0.15, 0.2) is 54.1 Å². The van der Waals surface area contributed by atoms with Crippen LogP contribution in [0.4, 0.5) is 0 Å². The fraction of sp³-hybridized carbons (Fsp3) is 0.261. The molecule has 0 saturated carbocycles. The molecule has 2 aromatic rings. The predicted octanol–water partition coefficient (Wildman–Crippen LogP) is 3.49. The first-order valence-corrected chi connectivity index (χ1v) is 9.42. The molecule has 0 spiro atoms. The molecule has 1 saturated heterocycles. The number of rotatable bonds is 7. The van der Waals surface area contributed by atoms with Gasteiger partial charge in [0.25, 0.3) is 5.91 Å². The fourth-order valence-electron chi connectivity index (χ4n) is 3.15. The van der Waals surface area contributed by atoms with Crippen molar-refractivity contribution in [3.8, 4) is 17.6 Å². The van der Waals surface area contributed by atoms with Gasteiger partial charge in [-0.05, 0) is 37.1 Å². The highest BCUT2D eigenvalue weighted by Crippen LogP contribution is 2.23. The summed E-state index contributed by atoms with van der Waals surface area (Å²) in [7, 11) is 1.52. The van der Waals surface area contributed by atoms with Crippen molar-refractivity contribution in [2.24, 2.45) is 0 Å². The molecule has 1 amide bonds. The van der Waals surface area contributed by atoms with Crippen LogP contribution in [-0.4, -0.2) is 43.4 Å². The number of ketones is 1. The summed E-state index contributed by atoms with van der Waals surface area (Å²) in [5, 5.41) is 9.53. The van der Waals surface area contributed by atoms with Crippen molar-refractivity contribution in [1.82, 2.24) is 4.90 Å². The first-order valence-electron chi connectivity index (χ1n) is 9.42. The van der Waals surface area contributed by atoms with Crippen LogP contribution in [0.3, 0.4) is 0 Å². The number of hydrogen-bond acceptors (Lipinski definition) is 5. The minimum Gasteiger partial charge on any atom is -0.497 e. The number of para-hydroxylation sites is 1. The second-order valence-corrected chi connectivity index (χ2v) is 6.65. The quantitative estimate of drug-likeness (QED) is 0.411. The van der Waals surface area contributed by atoms with Gasteiger partial charge in [0.1, 0.15) is 23.1 Å². The Morgan fingerprint density at radius 2 is 1.90 bits per heavy atom. The third-order valence-electron chi connectivity index (χ3n) is 4.73. The fourth-order valence-corrected chi connectivity index (χ4v) is 3.15. The number of methoxy groups -OCH3 is 1. The maximum Gasteiger partial charge on any atom is 0.260 e. The van der Waals surface area contributed by atoms with E-state index in [0.717, 1.165) is 25.9 Å². The van der Waals surface area contributed by atoms with Gasteiger partial charge in [0, 0.05) is 24.2 Å². The van der Waals surface area contributed by atoms with Crippen LogP contribution in [0.5, 0.6) is 11.5 Å². The van der Waals surface area contributed by atoms with E-state index in [0.29, 0.717) is 22.6 Å². The number of carbonyl (C=O) groups excluding carboxylic acids is 2. The van der Waals surface area contributed by atoms with Crippen LogP contribution in [0.25, 0.3) is 6.08 Å². The van der Waals surface area contributed by atoms with Gasteiger partial charge in [-0.1, -0.05) is 30.3 Å². The zero-order valence-corrected chi connectivity index (χ0v) is 16.3. The van der Waals surface area contributed by atoms with Crippen molar-refractivity contribution in [2.45, 2.75) is 12.8 Å². The lowest BCUT2D eigenvalue weighted by Gasteiger charge is -2.16. The summed E-state index contributed by atoms with van der Waals surface area (Å²) >= 11 is 0. The topological polar surface area (TPSA) is 79.6 Å². The first-order chi connectivity index (χ1) is 14.1. The molecule has 0 unspecified atom stereocenters. The lowest BCUT2D eigenvalue weighted by molar-refractivity contribution is -0.132. The average Bonchev–Trinajstić information content (AvgIpc) is 3.31. The molecule has 3 rings (SSSR count). The molecular weight excluding hydrogens is 368 g/mol. The monoisotopic (exact) mass is 390 g/mol. The largest absolute Gasteiger partial charge is 0.497 e. The summed E-state index contributed by atoms with van der Waals surface area (Å²) in [5.41, 5.74) is 0.898. The summed E-state index contributed by atoms with van der Waals surface area (Å²) in [6.45, 7) is 1.45. The van der Waals surface area contributed by atoms with Gasteiger partial charge in [0.2, 0.25) is 5.78 Å². The second kappa shape index (κ2) is 9.56. The highest BCUT2D eigenvalue weighted by molar-refractivity contribution is 6.14. The number of ether oxygens (including phenoxy) is 2. The number of allylic oxidation sites excluding steroid dienone is 1. The SMILES string of the molecule is COc1cccc(C(=O)/C(C#N)=C/c2ccccc2OCC(=O)N2CCCC2)c1. The van der Waals surface area contributed by atoms with Gasteiger partial charge in [0.05, 0.1) is 7.11 Å².